The molecule has 2 aromatic carbocycles. The average molecular weight is 441 g/mol. The van der Waals surface area contributed by atoms with Gasteiger partial charge in [-0.15, -0.1) is 0 Å². The molecule has 10 nitrogen and oxygen atoms in total. The number of aromatic nitrogens is 2. The van der Waals surface area contributed by atoms with E-state index < -0.39 is 10.0 Å². The van der Waals surface area contributed by atoms with Crippen molar-refractivity contribution in [2.24, 2.45) is 5.14 Å². The number of rotatable bonds is 5. The molecule has 0 aliphatic carbocycles. The molecule has 0 fully saturated rings. The molecule has 31 heavy (non-hydrogen) atoms. The molecular formula is C20H19N5O5S. The largest absolute Gasteiger partial charge is 0.486 e. The molecule has 4 rings (SSSR count). The second kappa shape index (κ2) is 8.20. The molecular weight excluding hydrogens is 422 g/mol. The van der Waals surface area contributed by atoms with E-state index in [1.54, 1.807) is 36.5 Å². The predicted octanol–water partition coefficient (Wildman–Crippen LogP) is 2.26. The van der Waals surface area contributed by atoms with Crippen LogP contribution in [0.2, 0.25) is 0 Å². The van der Waals surface area contributed by atoms with E-state index in [0.29, 0.717) is 53.3 Å². The van der Waals surface area contributed by atoms with Crippen molar-refractivity contribution in [2.45, 2.75) is 11.8 Å². The molecule has 1 aliphatic heterocycles. The molecule has 2 heterocycles. The number of nitrogens with one attached hydrogen (secondary N) is 2. The fourth-order valence-corrected chi connectivity index (χ4v) is 3.54. The Morgan fingerprint density at radius 2 is 1.84 bits per heavy atom. The van der Waals surface area contributed by atoms with Gasteiger partial charge in [-0.05, 0) is 42.5 Å². The fourth-order valence-electron chi connectivity index (χ4n) is 3.02. The summed E-state index contributed by atoms with van der Waals surface area (Å²) in [7, 11) is -3.77. The van der Waals surface area contributed by atoms with Crippen molar-refractivity contribution in [2.75, 3.05) is 23.8 Å². The maximum atomic E-state index is 11.6. The van der Waals surface area contributed by atoms with Crippen molar-refractivity contribution < 1.29 is 22.7 Å². The Balaban J connectivity index is 1.64. The number of hydrogen-bond acceptors (Lipinski definition) is 8. The first-order valence-electron chi connectivity index (χ1n) is 9.24. The van der Waals surface area contributed by atoms with Crippen LogP contribution in [0.1, 0.15) is 6.92 Å². The Hall–Kier alpha value is -3.70. The number of sulfonamides is 1. The highest BCUT2D eigenvalue weighted by molar-refractivity contribution is 7.89. The summed E-state index contributed by atoms with van der Waals surface area (Å²) in [6.45, 7) is 2.21. The van der Waals surface area contributed by atoms with Crippen molar-refractivity contribution in [1.29, 1.82) is 0 Å². The number of ether oxygens (including phenoxy) is 2. The van der Waals surface area contributed by atoms with Gasteiger partial charge in [-0.1, -0.05) is 0 Å². The van der Waals surface area contributed by atoms with Crippen LogP contribution < -0.4 is 25.2 Å². The highest BCUT2D eigenvalue weighted by atomic mass is 32.2. The fraction of sp³-hybridized carbons (Fsp3) is 0.150. The second-order valence-corrected chi connectivity index (χ2v) is 8.25. The van der Waals surface area contributed by atoms with Gasteiger partial charge in [0.15, 0.2) is 11.5 Å². The maximum absolute atomic E-state index is 11.6. The van der Waals surface area contributed by atoms with Crippen molar-refractivity contribution in [3.63, 3.8) is 0 Å². The molecule has 160 valence electrons. The molecule has 0 saturated heterocycles. The SMILES string of the molecule is CC(=O)Nc1cc(-c2ccnc(Nc3ccc(S(N)(=O)=O)cc3)n2)cc2c1OCCO2. The third-order valence-corrected chi connectivity index (χ3v) is 5.27. The van der Waals surface area contributed by atoms with E-state index in [1.165, 1.54) is 19.1 Å². The van der Waals surface area contributed by atoms with Crippen LogP contribution in [0.3, 0.4) is 0 Å². The van der Waals surface area contributed by atoms with Crippen molar-refractivity contribution in [3.8, 4) is 22.8 Å². The number of fused-ring (bicyclic) bond motifs is 1. The molecule has 3 aromatic rings. The standard InChI is InChI=1S/C20H19N5O5S/c1-12(26)23-17-10-13(11-18-19(17)30-9-8-29-18)16-6-7-22-20(25-16)24-14-2-4-15(5-3-14)31(21,27)28/h2-7,10-11H,8-9H2,1H3,(H,23,26)(H2,21,27,28)(H,22,24,25). The Labute approximate surface area is 178 Å². The van der Waals surface area contributed by atoms with E-state index in [9.17, 15) is 13.2 Å². The Kier molecular flexibility index (Phi) is 5.44. The predicted molar refractivity (Wildman–Crippen MR) is 114 cm³/mol. The molecule has 0 spiro atoms. The third kappa shape index (κ3) is 4.73. The summed E-state index contributed by atoms with van der Waals surface area (Å²) in [5.74, 6) is 1.06. The number of amides is 1. The van der Waals surface area contributed by atoms with Gasteiger partial charge in [-0.25, -0.2) is 23.5 Å². The smallest absolute Gasteiger partial charge is 0.238 e. The van der Waals surface area contributed by atoms with E-state index in [1.807, 2.05) is 0 Å². The van der Waals surface area contributed by atoms with Gasteiger partial charge in [0.25, 0.3) is 0 Å². The lowest BCUT2D eigenvalue weighted by Gasteiger charge is -2.22. The van der Waals surface area contributed by atoms with E-state index in [0.717, 1.165) is 0 Å². The first-order chi connectivity index (χ1) is 14.8. The summed E-state index contributed by atoms with van der Waals surface area (Å²) in [5.41, 5.74) is 2.36. The minimum atomic E-state index is -3.77. The number of carbonyl (C=O) groups is 1. The number of carbonyl (C=O) groups excluding carboxylic acids is 1. The summed E-state index contributed by atoms with van der Waals surface area (Å²) in [4.78, 5) is 20.3. The zero-order valence-corrected chi connectivity index (χ0v) is 17.3. The molecule has 1 aromatic heterocycles. The van der Waals surface area contributed by atoms with Gasteiger partial charge in [0.1, 0.15) is 13.2 Å². The number of nitrogens with two attached hydrogens (primary N) is 1. The Bertz CT molecular complexity index is 1250. The second-order valence-electron chi connectivity index (χ2n) is 6.69. The summed E-state index contributed by atoms with van der Waals surface area (Å²) < 4.78 is 34.1. The maximum Gasteiger partial charge on any atom is 0.238 e. The number of benzene rings is 2. The van der Waals surface area contributed by atoms with E-state index in [4.69, 9.17) is 14.6 Å². The van der Waals surface area contributed by atoms with Crippen LogP contribution >= 0.6 is 0 Å². The van der Waals surface area contributed by atoms with E-state index in [2.05, 4.69) is 20.6 Å². The van der Waals surface area contributed by atoms with Crippen LogP contribution in [0, 0.1) is 0 Å². The summed E-state index contributed by atoms with van der Waals surface area (Å²) in [6, 6.07) is 11.2. The highest BCUT2D eigenvalue weighted by Crippen LogP contribution is 2.41. The van der Waals surface area contributed by atoms with Crippen molar-refractivity contribution in [3.05, 3.63) is 48.7 Å². The third-order valence-electron chi connectivity index (χ3n) is 4.34. The minimum absolute atomic E-state index is 0.00879. The first-order valence-corrected chi connectivity index (χ1v) is 10.8. The van der Waals surface area contributed by atoms with Crippen LogP contribution in [0.25, 0.3) is 11.3 Å². The minimum Gasteiger partial charge on any atom is -0.486 e. The van der Waals surface area contributed by atoms with Crippen LogP contribution in [0.5, 0.6) is 11.5 Å². The molecule has 11 heteroatoms. The van der Waals surface area contributed by atoms with Gasteiger partial charge in [0, 0.05) is 24.4 Å². The highest BCUT2D eigenvalue weighted by Gasteiger charge is 2.20. The van der Waals surface area contributed by atoms with Crippen LogP contribution in [0.4, 0.5) is 17.3 Å². The van der Waals surface area contributed by atoms with Crippen molar-refractivity contribution in [1.82, 2.24) is 9.97 Å². The summed E-state index contributed by atoms with van der Waals surface area (Å²) >= 11 is 0. The van der Waals surface area contributed by atoms with E-state index in [-0.39, 0.29) is 10.8 Å². The first kappa shape index (κ1) is 20.6. The molecule has 0 bridgehead atoms. The summed E-state index contributed by atoms with van der Waals surface area (Å²) in [6.07, 6.45) is 1.58. The molecule has 4 N–H and O–H groups in total. The van der Waals surface area contributed by atoms with Gasteiger partial charge < -0.3 is 20.1 Å². The van der Waals surface area contributed by atoms with Gasteiger partial charge in [-0.2, -0.15) is 0 Å². The van der Waals surface area contributed by atoms with Crippen LogP contribution in [0.15, 0.2) is 53.6 Å². The molecule has 0 radical (unpaired) electrons. The Morgan fingerprint density at radius 3 is 2.55 bits per heavy atom. The monoisotopic (exact) mass is 441 g/mol. The number of primary sulfonamides is 1. The topological polar surface area (TPSA) is 146 Å². The van der Waals surface area contributed by atoms with Gasteiger partial charge in [-0.3, -0.25) is 4.79 Å². The van der Waals surface area contributed by atoms with Crippen LogP contribution in [-0.4, -0.2) is 37.5 Å². The molecule has 0 atom stereocenters. The van der Waals surface area contributed by atoms with Crippen molar-refractivity contribution >= 4 is 33.3 Å². The molecule has 1 aliphatic rings. The zero-order chi connectivity index (χ0) is 22.0. The summed E-state index contributed by atoms with van der Waals surface area (Å²) in [5, 5.41) is 10.9. The average Bonchev–Trinajstić information content (AvgIpc) is 2.73. The molecule has 0 unspecified atom stereocenters. The van der Waals surface area contributed by atoms with Gasteiger partial charge >= 0.3 is 0 Å². The lowest BCUT2D eigenvalue weighted by Crippen LogP contribution is -2.18. The lowest BCUT2D eigenvalue weighted by molar-refractivity contribution is -0.114. The Morgan fingerprint density at radius 1 is 1.10 bits per heavy atom. The number of nitrogens with zero attached hydrogens (tertiary/aromatic N) is 2. The van der Waals surface area contributed by atoms with Gasteiger partial charge in [0.05, 0.1) is 16.3 Å². The number of hydrogen-bond donors (Lipinski definition) is 3. The van der Waals surface area contributed by atoms with Gasteiger partial charge in [0.2, 0.25) is 21.9 Å². The quantitative estimate of drug-likeness (QED) is 0.547. The van der Waals surface area contributed by atoms with Crippen LogP contribution in [-0.2, 0) is 14.8 Å². The normalized spacial score (nSPS) is 12.8. The number of anilines is 3. The lowest BCUT2D eigenvalue weighted by atomic mass is 10.1. The van der Waals surface area contributed by atoms with E-state index >= 15 is 0 Å². The molecule has 1 amide bonds. The molecule has 0 saturated carbocycles. The zero-order valence-electron chi connectivity index (χ0n) is 16.5.